The van der Waals surface area contributed by atoms with E-state index in [9.17, 15) is 19.8 Å². The average molecular weight is 413 g/mol. The van der Waals surface area contributed by atoms with E-state index in [-0.39, 0.29) is 34.8 Å². The Hall–Kier alpha value is -2.82. The quantitative estimate of drug-likeness (QED) is 0.641. The molecule has 3 aromatic rings. The molecule has 0 spiro atoms. The number of phenolic OH excluding ortho intramolecular Hbond substituents is 2. The van der Waals surface area contributed by atoms with Crippen LogP contribution in [0.1, 0.15) is 38.5 Å². The van der Waals surface area contributed by atoms with E-state index in [0.29, 0.717) is 26.7 Å². The highest BCUT2D eigenvalue weighted by Crippen LogP contribution is 2.43. The molecule has 2 N–H and O–H groups in total. The van der Waals surface area contributed by atoms with Crippen molar-refractivity contribution in [2.24, 2.45) is 0 Å². The Labute approximate surface area is 171 Å². The molecule has 0 saturated heterocycles. The Kier molecular flexibility index (Phi) is 4.61. The minimum Gasteiger partial charge on any atom is -0.507 e. The molecule has 0 aromatic heterocycles. The molecule has 0 aliphatic heterocycles. The van der Waals surface area contributed by atoms with Gasteiger partial charge < -0.3 is 10.2 Å². The number of rotatable bonds is 3. The summed E-state index contributed by atoms with van der Waals surface area (Å²) >= 11 is 12.0. The summed E-state index contributed by atoms with van der Waals surface area (Å²) in [5.41, 5.74) is 1.62. The zero-order chi connectivity index (χ0) is 20.0. The van der Waals surface area contributed by atoms with Crippen LogP contribution in [0, 0.1) is 0 Å². The molecule has 0 radical (unpaired) electrons. The maximum atomic E-state index is 13.3. The molecule has 0 amide bonds. The lowest BCUT2D eigenvalue weighted by atomic mass is 9.74. The number of hydrogen-bond acceptors (Lipinski definition) is 4. The lowest BCUT2D eigenvalue weighted by molar-refractivity contribution is -0.119. The summed E-state index contributed by atoms with van der Waals surface area (Å²) in [6.07, 6.45) is 0.0555. The topological polar surface area (TPSA) is 74.6 Å². The van der Waals surface area contributed by atoms with Crippen LogP contribution in [-0.4, -0.2) is 21.8 Å². The van der Waals surface area contributed by atoms with Crippen molar-refractivity contribution in [1.82, 2.24) is 0 Å². The van der Waals surface area contributed by atoms with Gasteiger partial charge in [0.05, 0.1) is 27.1 Å². The van der Waals surface area contributed by atoms with Gasteiger partial charge in [0, 0.05) is 6.42 Å². The third-order valence-electron chi connectivity index (χ3n) is 4.91. The number of carbonyl (C=O) groups excluding carboxylic acids is 2. The smallest absolute Gasteiger partial charge is 0.201 e. The lowest BCUT2D eigenvalue weighted by Gasteiger charge is -2.27. The van der Waals surface area contributed by atoms with Crippen molar-refractivity contribution in [2.45, 2.75) is 12.3 Å². The van der Waals surface area contributed by atoms with Gasteiger partial charge in [-0.15, -0.1) is 0 Å². The van der Waals surface area contributed by atoms with E-state index in [1.54, 1.807) is 42.5 Å². The second kappa shape index (κ2) is 6.97. The summed E-state index contributed by atoms with van der Waals surface area (Å²) in [4.78, 5) is 26.2. The molecular formula is C22H14Cl2O4. The van der Waals surface area contributed by atoms with E-state index >= 15 is 0 Å². The van der Waals surface area contributed by atoms with Gasteiger partial charge in [-0.05, 0) is 41.0 Å². The number of aromatic hydroxyl groups is 2. The minimum absolute atomic E-state index is 0.0454. The Morgan fingerprint density at radius 1 is 0.857 bits per heavy atom. The summed E-state index contributed by atoms with van der Waals surface area (Å²) in [5.74, 6) is -1.92. The van der Waals surface area contributed by atoms with E-state index in [1.165, 1.54) is 12.1 Å². The Bertz CT molecular complexity index is 1080. The van der Waals surface area contributed by atoms with E-state index < -0.39 is 11.7 Å². The van der Waals surface area contributed by atoms with Crippen molar-refractivity contribution in [3.8, 4) is 11.5 Å². The molecule has 0 unspecified atom stereocenters. The van der Waals surface area contributed by atoms with Gasteiger partial charge in [0.2, 0.25) is 5.78 Å². The molecule has 0 heterocycles. The zero-order valence-corrected chi connectivity index (χ0v) is 16.0. The first-order valence-electron chi connectivity index (χ1n) is 8.53. The Morgan fingerprint density at radius 3 is 1.96 bits per heavy atom. The van der Waals surface area contributed by atoms with Crippen LogP contribution in [0.15, 0.2) is 54.6 Å². The second-order valence-corrected chi connectivity index (χ2v) is 7.45. The first-order chi connectivity index (χ1) is 13.4. The monoisotopic (exact) mass is 412 g/mol. The number of Topliss-reactive ketones (excluding diaryl/α,β-unsaturated/α-hetero) is 1. The number of fused-ring (bicyclic) bond motifs is 2. The highest BCUT2D eigenvalue weighted by molar-refractivity contribution is 6.42. The first kappa shape index (κ1) is 18.5. The molecule has 0 fully saturated rings. The van der Waals surface area contributed by atoms with Crippen molar-refractivity contribution in [3.63, 3.8) is 0 Å². The van der Waals surface area contributed by atoms with Crippen LogP contribution in [-0.2, 0) is 11.2 Å². The SMILES string of the molecule is O=C1c2c(O)cccc2C(C(=O)Cc2ccc(Cl)c(Cl)c2)c2cccc(O)c21. The summed E-state index contributed by atoms with van der Waals surface area (Å²) in [6, 6.07) is 14.2. The van der Waals surface area contributed by atoms with Crippen LogP contribution < -0.4 is 0 Å². The van der Waals surface area contributed by atoms with E-state index in [4.69, 9.17) is 23.2 Å². The molecule has 28 heavy (non-hydrogen) atoms. The molecule has 0 atom stereocenters. The first-order valence-corrected chi connectivity index (χ1v) is 9.29. The molecule has 4 rings (SSSR count). The van der Waals surface area contributed by atoms with Crippen molar-refractivity contribution in [1.29, 1.82) is 0 Å². The highest BCUT2D eigenvalue weighted by atomic mass is 35.5. The zero-order valence-electron chi connectivity index (χ0n) is 14.4. The van der Waals surface area contributed by atoms with E-state index in [1.807, 2.05) is 0 Å². The summed E-state index contributed by atoms with van der Waals surface area (Å²) in [5, 5.41) is 21.3. The van der Waals surface area contributed by atoms with Crippen molar-refractivity contribution in [3.05, 3.63) is 92.5 Å². The number of phenols is 2. The summed E-state index contributed by atoms with van der Waals surface area (Å²) < 4.78 is 0. The Balaban J connectivity index is 1.85. The normalized spacial score (nSPS) is 13.1. The molecule has 3 aromatic carbocycles. The number of carbonyl (C=O) groups is 2. The van der Waals surface area contributed by atoms with E-state index in [0.717, 1.165) is 0 Å². The van der Waals surface area contributed by atoms with Gasteiger partial charge in [0.1, 0.15) is 17.3 Å². The molecule has 0 bridgehead atoms. The summed E-state index contributed by atoms with van der Waals surface area (Å²) in [7, 11) is 0. The maximum Gasteiger partial charge on any atom is 0.201 e. The van der Waals surface area contributed by atoms with Crippen molar-refractivity contribution >= 4 is 34.8 Å². The van der Waals surface area contributed by atoms with Crippen LogP contribution in [0.4, 0.5) is 0 Å². The van der Waals surface area contributed by atoms with Gasteiger partial charge in [-0.3, -0.25) is 9.59 Å². The fourth-order valence-corrected chi connectivity index (χ4v) is 4.00. The Morgan fingerprint density at radius 2 is 1.43 bits per heavy atom. The van der Waals surface area contributed by atoms with Crippen LogP contribution in [0.2, 0.25) is 10.0 Å². The van der Waals surface area contributed by atoms with Crippen LogP contribution in [0.25, 0.3) is 0 Å². The van der Waals surface area contributed by atoms with Crippen LogP contribution in [0.5, 0.6) is 11.5 Å². The molecular weight excluding hydrogens is 399 g/mol. The highest BCUT2D eigenvalue weighted by Gasteiger charge is 2.38. The molecule has 0 saturated carbocycles. The maximum absolute atomic E-state index is 13.3. The molecule has 6 heteroatoms. The molecule has 1 aliphatic carbocycles. The fraction of sp³-hybridized carbons (Fsp3) is 0.0909. The molecule has 1 aliphatic rings. The number of hydrogen-bond donors (Lipinski definition) is 2. The minimum atomic E-state index is -0.795. The van der Waals surface area contributed by atoms with Gasteiger partial charge in [-0.2, -0.15) is 0 Å². The fourth-order valence-electron chi connectivity index (χ4n) is 3.68. The van der Waals surface area contributed by atoms with Gasteiger partial charge in [-0.1, -0.05) is 53.5 Å². The van der Waals surface area contributed by atoms with Crippen LogP contribution >= 0.6 is 23.2 Å². The number of ketones is 2. The van der Waals surface area contributed by atoms with E-state index in [2.05, 4.69) is 0 Å². The summed E-state index contributed by atoms with van der Waals surface area (Å²) in [6.45, 7) is 0. The molecule has 4 nitrogen and oxygen atoms in total. The van der Waals surface area contributed by atoms with Gasteiger partial charge >= 0.3 is 0 Å². The largest absolute Gasteiger partial charge is 0.507 e. The van der Waals surface area contributed by atoms with Gasteiger partial charge in [0.25, 0.3) is 0 Å². The number of halogens is 2. The van der Waals surface area contributed by atoms with Gasteiger partial charge in [0.15, 0.2) is 0 Å². The standard InChI is InChI=1S/C22H14Cl2O4/c23-14-8-7-11(9-15(14)24)10-18(27)19-12-3-1-5-16(25)20(12)22(28)21-13(19)4-2-6-17(21)26/h1-9,19,25-26H,10H2. The predicted octanol–water partition coefficient (Wildman–Crippen LogP) is 4.89. The van der Waals surface area contributed by atoms with Crippen molar-refractivity contribution < 1.29 is 19.8 Å². The molecule has 140 valence electrons. The number of benzene rings is 3. The second-order valence-electron chi connectivity index (χ2n) is 6.64. The average Bonchev–Trinajstić information content (AvgIpc) is 2.65. The van der Waals surface area contributed by atoms with Crippen molar-refractivity contribution in [2.75, 3.05) is 0 Å². The third kappa shape index (κ3) is 2.95. The van der Waals surface area contributed by atoms with Gasteiger partial charge in [-0.25, -0.2) is 0 Å². The van der Waals surface area contributed by atoms with Crippen LogP contribution in [0.3, 0.4) is 0 Å². The lowest BCUT2D eigenvalue weighted by Crippen LogP contribution is -2.26. The third-order valence-corrected chi connectivity index (χ3v) is 5.65. The predicted molar refractivity (Wildman–Crippen MR) is 107 cm³/mol.